The number of carbonyl (C=O) groups excluding carboxylic acids is 2. The maximum atomic E-state index is 12.4. The van der Waals surface area contributed by atoms with Gasteiger partial charge in [-0.2, -0.15) is 0 Å². The number of imide groups is 1. The van der Waals surface area contributed by atoms with Gasteiger partial charge in [0.15, 0.2) is 0 Å². The van der Waals surface area contributed by atoms with Gasteiger partial charge in [0.2, 0.25) is 0 Å². The Morgan fingerprint density at radius 3 is 2.29 bits per heavy atom. The number of rotatable bonds is 2. The zero-order chi connectivity index (χ0) is 14.8. The number of nitrogens with zero attached hydrogens (tertiary/aromatic N) is 1. The van der Waals surface area contributed by atoms with Crippen LogP contribution in [0.1, 0.15) is 5.56 Å². The summed E-state index contributed by atoms with van der Waals surface area (Å²) in [6, 6.07) is 15.3. The van der Waals surface area contributed by atoms with Crippen molar-refractivity contribution in [1.82, 2.24) is 0 Å². The molecule has 5 heteroatoms. The predicted octanol–water partition coefficient (Wildman–Crippen LogP) is 3.63. The SMILES string of the molecule is O=C1SC(=Cc2ccc(O)cc2)C(=O)N1c1ccccc1. The fourth-order valence-electron chi connectivity index (χ4n) is 1.99. The molecule has 0 unspecified atom stereocenters. The molecule has 2 aromatic rings. The summed E-state index contributed by atoms with van der Waals surface area (Å²) in [6.07, 6.45) is 1.65. The van der Waals surface area contributed by atoms with Crippen LogP contribution in [-0.4, -0.2) is 16.3 Å². The minimum absolute atomic E-state index is 0.157. The van der Waals surface area contributed by atoms with E-state index in [0.717, 1.165) is 22.2 Å². The van der Waals surface area contributed by atoms with Crippen LogP contribution in [0.3, 0.4) is 0 Å². The number of para-hydroxylation sites is 1. The van der Waals surface area contributed by atoms with Crippen LogP contribution in [0.25, 0.3) is 6.08 Å². The number of hydrogen-bond donors (Lipinski definition) is 1. The molecule has 0 spiro atoms. The lowest BCUT2D eigenvalue weighted by Gasteiger charge is -2.11. The van der Waals surface area contributed by atoms with E-state index >= 15 is 0 Å². The quantitative estimate of drug-likeness (QED) is 0.860. The molecule has 104 valence electrons. The Kier molecular flexibility index (Phi) is 3.50. The van der Waals surface area contributed by atoms with Crippen molar-refractivity contribution in [3.63, 3.8) is 0 Å². The summed E-state index contributed by atoms with van der Waals surface area (Å²) < 4.78 is 0. The van der Waals surface area contributed by atoms with Gasteiger partial charge in [0, 0.05) is 0 Å². The molecule has 1 heterocycles. The molecule has 1 saturated heterocycles. The lowest BCUT2D eigenvalue weighted by molar-refractivity contribution is -0.113. The Labute approximate surface area is 125 Å². The highest BCUT2D eigenvalue weighted by Gasteiger charge is 2.36. The molecule has 0 radical (unpaired) electrons. The molecule has 4 nitrogen and oxygen atoms in total. The first-order valence-electron chi connectivity index (χ1n) is 6.27. The largest absolute Gasteiger partial charge is 0.508 e. The lowest BCUT2D eigenvalue weighted by atomic mass is 10.2. The molecule has 1 fully saturated rings. The van der Waals surface area contributed by atoms with Gasteiger partial charge in [-0.3, -0.25) is 9.59 Å². The molecule has 2 aromatic carbocycles. The van der Waals surface area contributed by atoms with Crippen molar-refractivity contribution in [1.29, 1.82) is 0 Å². The topological polar surface area (TPSA) is 57.6 Å². The number of phenols is 1. The van der Waals surface area contributed by atoms with E-state index in [1.807, 2.05) is 6.07 Å². The minimum Gasteiger partial charge on any atom is -0.508 e. The molecule has 0 bridgehead atoms. The van der Waals surface area contributed by atoms with E-state index in [-0.39, 0.29) is 16.9 Å². The van der Waals surface area contributed by atoms with E-state index in [4.69, 9.17) is 0 Å². The number of aromatic hydroxyl groups is 1. The summed E-state index contributed by atoms with van der Waals surface area (Å²) in [5.74, 6) is -0.172. The summed E-state index contributed by atoms with van der Waals surface area (Å²) in [5.41, 5.74) is 1.32. The molecule has 21 heavy (non-hydrogen) atoms. The van der Waals surface area contributed by atoms with Crippen LogP contribution in [0.4, 0.5) is 10.5 Å². The Balaban J connectivity index is 1.92. The molecule has 1 aliphatic heterocycles. The summed E-state index contributed by atoms with van der Waals surface area (Å²) in [5, 5.41) is 8.94. The van der Waals surface area contributed by atoms with Gasteiger partial charge < -0.3 is 5.11 Å². The molecule has 2 amide bonds. The predicted molar refractivity (Wildman–Crippen MR) is 83.0 cm³/mol. The maximum Gasteiger partial charge on any atom is 0.298 e. The average Bonchev–Trinajstić information content (AvgIpc) is 2.77. The smallest absolute Gasteiger partial charge is 0.298 e. The summed E-state index contributed by atoms with van der Waals surface area (Å²) >= 11 is 0.912. The molecule has 0 aliphatic carbocycles. The first kappa shape index (κ1) is 13.5. The second kappa shape index (κ2) is 5.46. The zero-order valence-electron chi connectivity index (χ0n) is 10.9. The third-order valence-electron chi connectivity index (χ3n) is 3.00. The van der Waals surface area contributed by atoms with Crippen LogP contribution >= 0.6 is 11.8 Å². The van der Waals surface area contributed by atoms with Gasteiger partial charge in [-0.15, -0.1) is 0 Å². The minimum atomic E-state index is -0.329. The van der Waals surface area contributed by atoms with E-state index in [1.165, 1.54) is 12.1 Å². The van der Waals surface area contributed by atoms with Gasteiger partial charge in [-0.05, 0) is 47.7 Å². The fourth-order valence-corrected chi connectivity index (χ4v) is 2.83. The molecule has 0 atom stereocenters. The Morgan fingerprint density at radius 2 is 1.62 bits per heavy atom. The van der Waals surface area contributed by atoms with E-state index in [2.05, 4.69) is 0 Å². The van der Waals surface area contributed by atoms with Crippen LogP contribution in [0.15, 0.2) is 59.5 Å². The third-order valence-corrected chi connectivity index (χ3v) is 3.87. The van der Waals surface area contributed by atoms with Crippen molar-refractivity contribution in [2.45, 2.75) is 0 Å². The summed E-state index contributed by atoms with van der Waals surface area (Å²) in [4.78, 5) is 25.9. The first-order valence-corrected chi connectivity index (χ1v) is 7.09. The van der Waals surface area contributed by atoms with Gasteiger partial charge in [0.05, 0.1) is 10.6 Å². The van der Waals surface area contributed by atoms with Crippen LogP contribution in [0.2, 0.25) is 0 Å². The summed E-state index contributed by atoms with van der Waals surface area (Å²) in [7, 11) is 0. The van der Waals surface area contributed by atoms with Gasteiger partial charge in [0.1, 0.15) is 5.75 Å². The summed E-state index contributed by atoms with van der Waals surface area (Å²) in [6.45, 7) is 0. The first-order chi connectivity index (χ1) is 10.1. The molecule has 0 saturated carbocycles. The van der Waals surface area contributed by atoms with Crippen molar-refractivity contribution in [3.8, 4) is 5.75 Å². The lowest BCUT2D eigenvalue weighted by Crippen LogP contribution is -2.27. The molecule has 1 N–H and O–H groups in total. The number of carbonyl (C=O) groups is 2. The molecule has 1 aliphatic rings. The van der Waals surface area contributed by atoms with Crippen LogP contribution in [0.5, 0.6) is 5.75 Å². The molecule has 0 aromatic heterocycles. The van der Waals surface area contributed by atoms with Gasteiger partial charge in [-0.1, -0.05) is 30.3 Å². The van der Waals surface area contributed by atoms with E-state index in [1.54, 1.807) is 42.5 Å². The van der Waals surface area contributed by atoms with Crippen molar-refractivity contribution in [3.05, 3.63) is 65.1 Å². The number of thioether (sulfide) groups is 1. The Hall–Kier alpha value is -2.53. The maximum absolute atomic E-state index is 12.4. The van der Waals surface area contributed by atoms with Gasteiger partial charge in [0.25, 0.3) is 11.1 Å². The van der Waals surface area contributed by atoms with Crippen molar-refractivity contribution in [2.75, 3.05) is 4.90 Å². The van der Waals surface area contributed by atoms with Crippen LogP contribution < -0.4 is 4.90 Å². The second-order valence-corrected chi connectivity index (χ2v) is 5.44. The molecular weight excluding hydrogens is 286 g/mol. The highest BCUT2D eigenvalue weighted by atomic mass is 32.2. The van der Waals surface area contributed by atoms with Crippen LogP contribution in [-0.2, 0) is 4.79 Å². The van der Waals surface area contributed by atoms with Gasteiger partial charge >= 0.3 is 0 Å². The van der Waals surface area contributed by atoms with Crippen molar-refractivity contribution >= 4 is 34.7 Å². The van der Waals surface area contributed by atoms with Gasteiger partial charge in [-0.25, -0.2) is 4.90 Å². The van der Waals surface area contributed by atoms with E-state index in [0.29, 0.717) is 10.6 Å². The number of benzene rings is 2. The highest BCUT2D eigenvalue weighted by Crippen LogP contribution is 2.35. The van der Waals surface area contributed by atoms with E-state index < -0.39 is 0 Å². The number of hydrogen-bond acceptors (Lipinski definition) is 4. The van der Waals surface area contributed by atoms with Crippen molar-refractivity contribution < 1.29 is 14.7 Å². The Morgan fingerprint density at radius 1 is 0.952 bits per heavy atom. The Bertz CT molecular complexity index is 723. The number of amides is 2. The number of anilines is 1. The highest BCUT2D eigenvalue weighted by molar-refractivity contribution is 8.19. The van der Waals surface area contributed by atoms with Crippen molar-refractivity contribution in [2.24, 2.45) is 0 Å². The standard InChI is InChI=1S/C16H11NO3S/c18-13-8-6-11(7-9-13)10-14-15(19)17(16(20)21-14)12-4-2-1-3-5-12/h1-10,18H. The monoisotopic (exact) mass is 297 g/mol. The zero-order valence-corrected chi connectivity index (χ0v) is 11.7. The van der Waals surface area contributed by atoms with E-state index in [9.17, 15) is 14.7 Å². The fraction of sp³-hybridized carbons (Fsp3) is 0. The number of phenolic OH excluding ortho intramolecular Hbond substituents is 1. The second-order valence-electron chi connectivity index (χ2n) is 4.44. The molecular formula is C16H11NO3S. The normalized spacial score (nSPS) is 16.8. The molecule has 3 rings (SSSR count). The van der Waals surface area contributed by atoms with Crippen LogP contribution in [0, 0.1) is 0 Å². The third kappa shape index (κ3) is 2.68. The average molecular weight is 297 g/mol.